The number of piperidine rings is 1. The average Bonchev–Trinajstić information content (AvgIpc) is 3.22. The summed E-state index contributed by atoms with van der Waals surface area (Å²) in [6.45, 7) is 3.44. The van der Waals surface area contributed by atoms with Crippen molar-refractivity contribution in [3.05, 3.63) is 48.5 Å². The minimum absolute atomic E-state index is 0.105. The maximum Gasteiger partial charge on any atom is 0.243 e. The van der Waals surface area contributed by atoms with Crippen LogP contribution in [0, 0.1) is 11.8 Å². The molecular formula is C24H29N3O5S. The maximum absolute atomic E-state index is 12.9. The zero-order valence-electron chi connectivity index (χ0n) is 18.9. The number of ether oxygens (including phenoxy) is 1. The lowest BCUT2D eigenvalue weighted by Crippen LogP contribution is -2.37. The van der Waals surface area contributed by atoms with E-state index in [1.54, 1.807) is 55.6 Å². The zero-order valence-corrected chi connectivity index (χ0v) is 19.7. The number of carbonyl (C=O) groups is 2. The third-order valence-electron chi connectivity index (χ3n) is 6.38. The Balaban J connectivity index is 1.41. The van der Waals surface area contributed by atoms with Gasteiger partial charge in [0.1, 0.15) is 5.75 Å². The first-order chi connectivity index (χ1) is 15.8. The van der Waals surface area contributed by atoms with Crippen molar-refractivity contribution >= 4 is 33.2 Å². The van der Waals surface area contributed by atoms with Gasteiger partial charge in [-0.05, 0) is 67.3 Å². The molecule has 9 heteroatoms. The molecule has 4 rings (SSSR count). The van der Waals surface area contributed by atoms with Gasteiger partial charge in [-0.25, -0.2) is 8.42 Å². The number of nitrogens with one attached hydrogen (secondary N) is 1. The van der Waals surface area contributed by atoms with Crippen LogP contribution in [-0.2, 0) is 19.6 Å². The van der Waals surface area contributed by atoms with E-state index in [2.05, 4.69) is 12.2 Å². The predicted octanol–water partition coefficient (Wildman–Crippen LogP) is 3.11. The number of methoxy groups -OCH3 is 1. The lowest BCUT2D eigenvalue weighted by molar-refractivity contribution is -0.122. The first-order valence-corrected chi connectivity index (χ1v) is 12.6. The molecule has 1 unspecified atom stereocenters. The number of hydrogen-bond acceptors (Lipinski definition) is 5. The molecule has 0 saturated carbocycles. The smallest absolute Gasteiger partial charge is 0.243 e. The molecule has 2 heterocycles. The van der Waals surface area contributed by atoms with E-state index >= 15 is 0 Å². The van der Waals surface area contributed by atoms with Gasteiger partial charge in [-0.3, -0.25) is 9.59 Å². The third-order valence-corrected chi connectivity index (χ3v) is 8.30. The monoisotopic (exact) mass is 471 g/mol. The predicted molar refractivity (Wildman–Crippen MR) is 126 cm³/mol. The highest BCUT2D eigenvalue weighted by Gasteiger charge is 2.35. The van der Waals surface area contributed by atoms with E-state index < -0.39 is 15.9 Å². The molecule has 176 valence electrons. The van der Waals surface area contributed by atoms with Gasteiger partial charge in [0.15, 0.2) is 0 Å². The molecule has 1 atom stereocenters. The fourth-order valence-corrected chi connectivity index (χ4v) is 5.69. The fraction of sp³-hybridized carbons (Fsp3) is 0.417. The summed E-state index contributed by atoms with van der Waals surface area (Å²) >= 11 is 0. The first kappa shape index (κ1) is 23.3. The van der Waals surface area contributed by atoms with Gasteiger partial charge >= 0.3 is 0 Å². The lowest BCUT2D eigenvalue weighted by atomic mass is 10.0. The van der Waals surface area contributed by atoms with Gasteiger partial charge in [-0.15, -0.1) is 0 Å². The molecule has 0 spiro atoms. The van der Waals surface area contributed by atoms with Crippen LogP contribution in [0.4, 0.5) is 11.4 Å². The van der Waals surface area contributed by atoms with Crippen LogP contribution < -0.4 is 15.0 Å². The van der Waals surface area contributed by atoms with Crippen LogP contribution >= 0.6 is 0 Å². The molecular weight excluding hydrogens is 442 g/mol. The molecule has 33 heavy (non-hydrogen) atoms. The third kappa shape index (κ3) is 5.04. The molecule has 2 aliphatic rings. The Morgan fingerprint density at radius 3 is 2.27 bits per heavy atom. The van der Waals surface area contributed by atoms with Crippen molar-refractivity contribution in [2.45, 2.75) is 31.1 Å². The summed E-state index contributed by atoms with van der Waals surface area (Å²) in [4.78, 5) is 27.0. The van der Waals surface area contributed by atoms with E-state index in [0.717, 1.165) is 12.8 Å². The molecule has 0 bridgehead atoms. The van der Waals surface area contributed by atoms with Crippen molar-refractivity contribution in [3.63, 3.8) is 0 Å². The highest BCUT2D eigenvalue weighted by Crippen LogP contribution is 2.29. The van der Waals surface area contributed by atoms with Gasteiger partial charge in [0.05, 0.1) is 17.9 Å². The Morgan fingerprint density at radius 2 is 1.67 bits per heavy atom. The number of amides is 2. The van der Waals surface area contributed by atoms with E-state index in [0.29, 0.717) is 36.1 Å². The van der Waals surface area contributed by atoms with Crippen LogP contribution in [0.15, 0.2) is 53.4 Å². The standard InChI is InChI=1S/C24H29N3O5S/c1-17-11-13-26(14-12-17)33(30,31)22-9-5-20(6-10-22)27-16-18(15-23(27)28)24(29)25-19-3-7-21(32-2)8-4-19/h3-10,17-18H,11-16H2,1-2H3,(H,25,29). The maximum atomic E-state index is 12.9. The number of carbonyl (C=O) groups excluding carboxylic acids is 2. The highest BCUT2D eigenvalue weighted by molar-refractivity contribution is 7.89. The minimum Gasteiger partial charge on any atom is -0.497 e. The van der Waals surface area contributed by atoms with Crippen LogP contribution in [0.25, 0.3) is 0 Å². The Kier molecular flexibility index (Phi) is 6.71. The van der Waals surface area contributed by atoms with Crippen LogP contribution in [0.2, 0.25) is 0 Å². The van der Waals surface area contributed by atoms with E-state index in [-0.39, 0.29) is 29.7 Å². The van der Waals surface area contributed by atoms with Crippen molar-refractivity contribution < 1.29 is 22.7 Å². The van der Waals surface area contributed by atoms with Gasteiger partial charge in [0, 0.05) is 37.4 Å². The largest absolute Gasteiger partial charge is 0.497 e. The number of rotatable bonds is 6. The summed E-state index contributed by atoms with van der Waals surface area (Å²) in [7, 11) is -1.97. The molecule has 0 radical (unpaired) electrons. The number of nitrogens with zero attached hydrogens (tertiary/aromatic N) is 2. The highest BCUT2D eigenvalue weighted by atomic mass is 32.2. The van der Waals surface area contributed by atoms with Gasteiger partial charge in [-0.1, -0.05) is 6.92 Å². The van der Waals surface area contributed by atoms with E-state index in [9.17, 15) is 18.0 Å². The summed E-state index contributed by atoms with van der Waals surface area (Å²) in [5.41, 5.74) is 1.22. The van der Waals surface area contributed by atoms with E-state index in [1.165, 1.54) is 9.21 Å². The molecule has 2 aromatic rings. The number of hydrogen-bond donors (Lipinski definition) is 1. The van der Waals surface area contributed by atoms with Crippen molar-refractivity contribution in [3.8, 4) is 5.75 Å². The Hall–Kier alpha value is -2.91. The normalized spacial score (nSPS) is 20.1. The lowest BCUT2D eigenvalue weighted by Gasteiger charge is -2.29. The molecule has 1 N–H and O–H groups in total. The molecule has 8 nitrogen and oxygen atoms in total. The Morgan fingerprint density at radius 1 is 1.03 bits per heavy atom. The van der Waals surface area contributed by atoms with Crippen LogP contribution in [0.3, 0.4) is 0 Å². The second-order valence-electron chi connectivity index (χ2n) is 8.70. The van der Waals surface area contributed by atoms with E-state index in [1.807, 2.05) is 0 Å². The van der Waals surface area contributed by atoms with E-state index in [4.69, 9.17) is 4.74 Å². The Bertz CT molecular complexity index is 1110. The second-order valence-corrected chi connectivity index (χ2v) is 10.6. The number of sulfonamides is 1. The molecule has 2 aromatic carbocycles. The van der Waals surface area contributed by atoms with Crippen LogP contribution in [0.1, 0.15) is 26.2 Å². The minimum atomic E-state index is -3.55. The van der Waals surface area contributed by atoms with Crippen molar-refractivity contribution in [1.29, 1.82) is 0 Å². The van der Waals surface area contributed by atoms with Gasteiger partial charge < -0.3 is 15.0 Å². The number of benzene rings is 2. The second kappa shape index (κ2) is 9.52. The molecule has 2 fully saturated rings. The van der Waals surface area contributed by atoms with Crippen molar-refractivity contribution in [2.24, 2.45) is 11.8 Å². The first-order valence-electron chi connectivity index (χ1n) is 11.1. The molecule has 2 saturated heterocycles. The average molecular weight is 472 g/mol. The van der Waals surface area contributed by atoms with Crippen molar-refractivity contribution in [1.82, 2.24) is 4.31 Å². The van der Waals surface area contributed by atoms with Crippen LogP contribution in [0.5, 0.6) is 5.75 Å². The quantitative estimate of drug-likeness (QED) is 0.698. The molecule has 2 amide bonds. The summed E-state index contributed by atoms with van der Waals surface area (Å²) in [6, 6.07) is 13.4. The molecule has 2 aliphatic heterocycles. The van der Waals surface area contributed by atoms with Crippen molar-refractivity contribution in [2.75, 3.05) is 37.0 Å². The number of anilines is 2. The van der Waals surface area contributed by atoms with Crippen LogP contribution in [-0.4, -0.2) is 51.3 Å². The SMILES string of the molecule is COc1ccc(NC(=O)C2CC(=O)N(c3ccc(S(=O)(=O)N4CCC(C)CC4)cc3)C2)cc1. The summed E-state index contributed by atoms with van der Waals surface area (Å²) in [5.74, 6) is 0.351. The summed E-state index contributed by atoms with van der Waals surface area (Å²) in [6.07, 6.45) is 1.83. The Labute approximate surface area is 194 Å². The summed E-state index contributed by atoms with van der Waals surface area (Å²) < 4.78 is 32.5. The summed E-state index contributed by atoms with van der Waals surface area (Å²) in [5, 5.41) is 2.84. The molecule has 0 aromatic heterocycles. The van der Waals surface area contributed by atoms with Gasteiger partial charge in [0.2, 0.25) is 21.8 Å². The molecule has 0 aliphatic carbocycles. The van der Waals surface area contributed by atoms with Gasteiger partial charge in [0.25, 0.3) is 0 Å². The fourth-order valence-electron chi connectivity index (χ4n) is 4.22. The van der Waals surface area contributed by atoms with Gasteiger partial charge in [-0.2, -0.15) is 4.31 Å². The topological polar surface area (TPSA) is 96.0 Å². The zero-order chi connectivity index (χ0) is 23.6.